The van der Waals surface area contributed by atoms with Gasteiger partial charge in [-0.1, -0.05) is 26.7 Å². The summed E-state index contributed by atoms with van der Waals surface area (Å²) in [6.07, 6.45) is 3.67. The molecule has 2 atom stereocenters. The average Bonchev–Trinajstić information content (AvgIpc) is 2.34. The Morgan fingerprint density at radius 2 is 1.85 bits per heavy atom. The van der Waals surface area contributed by atoms with Crippen molar-refractivity contribution < 1.29 is 18.3 Å². The van der Waals surface area contributed by atoms with Crippen LogP contribution in [0.5, 0.6) is 0 Å². The lowest BCUT2D eigenvalue weighted by atomic mass is 10.0. The van der Waals surface area contributed by atoms with Crippen LogP contribution in [0.1, 0.15) is 52.9 Å². The van der Waals surface area contributed by atoms with Gasteiger partial charge >= 0.3 is 5.97 Å². The summed E-state index contributed by atoms with van der Waals surface area (Å²) in [5.41, 5.74) is 0. The number of carbonyl (C=O) groups is 1. The van der Waals surface area contributed by atoms with Crippen LogP contribution < -0.4 is 4.72 Å². The molecule has 0 aliphatic rings. The lowest BCUT2D eigenvalue weighted by molar-refractivity contribution is -0.141. The third-order valence-corrected chi connectivity index (χ3v) is 4.99. The van der Waals surface area contributed by atoms with E-state index in [-0.39, 0.29) is 12.0 Å². The van der Waals surface area contributed by atoms with Gasteiger partial charge in [0.05, 0.1) is 5.92 Å². The number of carboxylic acid groups (broad SMARTS) is 1. The highest BCUT2D eigenvalue weighted by molar-refractivity contribution is 7.87. The number of nitrogens with zero attached hydrogens (tertiary/aromatic N) is 1. The maximum absolute atomic E-state index is 12.0. The molecule has 2 unspecified atom stereocenters. The van der Waals surface area contributed by atoms with E-state index >= 15 is 0 Å². The lowest BCUT2D eigenvalue weighted by Gasteiger charge is -2.21. The smallest absolute Gasteiger partial charge is 0.306 e. The third kappa shape index (κ3) is 7.81. The summed E-state index contributed by atoms with van der Waals surface area (Å²) in [5.74, 6) is -1.19. The average molecular weight is 308 g/mol. The highest BCUT2D eigenvalue weighted by Crippen LogP contribution is 2.10. The van der Waals surface area contributed by atoms with Crippen LogP contribution in [0.15, 0.2) is 0 Å². The number of hydrogen-bond acceptors (Lipinski definition) is 3. The molecule has 7 heteroatoms. The van der Waals surface area contributed by atoms with Crippen molar-refractivity contribution in [2.75, 3.05) is 13.6 Å². The minimum Gasteiger partial charge on any atom is -0.481 e. The van der Waals surface area contributed by atoms with Crippen molar-refractivity contribution in [3.05, 3.63) is 0 Å². The Bertz CT molecular complexity index is 384. The van der Waals surface area contributed by atoms with Crippen LogP contribution >= 0.6 is 0 Å². The summed E-state index contributed by atoms with van der Waals surface area (Å²) in [5, 5.41) is 8.77. The van der Waals surface area contributed by atoms with Crippen molar-refractivity contribution in [2.45, 2.75) is 58.9 Å². The molecule has 0 rings (SSSR count). The van der Waals surface area contributed by atoms with Gasteiger partial charge in [-0.3, -0.25) is 4.79 Å². The first-order chi connectivity index (χ1) is 9.20. The maximum atomic E-state index is 12.0. The fourth-order valence-corrected chi connectivity index (χ4v) is 2.93. The second kappa shape index (κ2) is 9.31. The van der Waals surface area contributed by atoms with E-state index in [4.69, 9.17) is 5.11 Å². The zero-order valence-electron chi connectivity index (χ0n) is 12.9. The molecule has 0 amide bonds. The highest BCUT2D eigenvalue weighted by atomic mass is 32.2. The molecule has 0 aliphatic heterocycles. The Hall–Kier alpha value is -0.660. The van der Waals surface area contributed by atoms with Crippen LogP contribution in [0.2, 0.25) is 0 Å². The molecule has 0 aromatic rings. The molecular weight excluding hydrogens is 280 g/mol. The lowest BCUT2D eigenvalue weighted by Crippen LogP contribution is -2.42. The first-order valence-electron chi connectivity index (χ1n) is 7.17. The zero-order valence-corrected chi connectivity index (χ0v) is 13.7. The molecule has 0 aromatic heterocycles. The van der Waals surface area contributed by atoms with Gasteiger partial charge < -0.3 is 5.11 Å². The van der Waals surface area contributed by atoms with Gasteiger partial charge in [0, 0.05) is 19.6 Å². The Kier molecular flexibility index (Phi) is 9.00. The molecule has 0 spiro atoms. The molecule has 6 nitrogen and oxygen atoms in total. The van der Waals surface area contributed by atoms with E-state index in [0.29, 0.717) is 25.8 Å². The van der Waals surface area contributed by atoms with Gasteiger partial charge in [-0.05, 0) is 26.2 Å². The minimum absolute atomic E-state index is 0.190. The largest absolute Gasteiger partial charge is 0.481 e. The SMILES string of the molecule is CCCCN(C)S(=O)(=O)NC(C)CCCC(C)C(=O)O. The van der Waals surface area contributed by atoms with Gasteiger partial charge in [0.25, 0.3) is 10.2 Å². The van der Waals surface area contributed by atoms with E-state index in [9.17, 15) is 13.2 Å². The number of rotatable bonds is 11. The number of carboxylic acids is 1. The Morgan fingerprint density at radius 3 is 2.35 bits per heavy atom. The molecule has 0 saturated heterocycles. The molecule has 0 bridgehead atoms. The molecule has 2 N–H and O–H groups in total. The first kappa shape index (κ1) is 19.3. The normalized spacial score (nSPS) is 15.2. The standard InChI is InChI=1S/C13H28N2O4S/c1-5-6-10-15(4)20(18,19)14-12(3)9-7-8-11(2)13(16)17/h11-12,14H,5-10H2,1-4H3,(H,16,17). The van der Waals surface area contributed by atoms with Crippen molar-refractivity contribution >= 4 is 16.2 Å². The molecule has 0 aliphatic carbocycles. The number of aliphatic carboxylic acids is 1. The van der Waals surface area contributed by atoms with Gasteiger partial charge in [-0.15, -0.1) is 0 Å². The summed E-state index contributed by atoms with van der Waals surface area (Å²) < 4.78 is 27.9. The fourth-order valence-electron chi connectivity index (χ4n) is 1.76. The van der Waals surface area contributed by atoms with Crippen molar-refractivity contribution in [1.29, 1.82) is 0 Å². The quantitative estimate of drug-likeness (QED) is 0.609. The second-order valence-electron chi connectivity index (χ2n) is 5.37. The van der Waals surface area contributed by atoms with Crippen molar-refractivity contribution in [2.24, 2.45) is 5.92 Å². The number of hydrogen-bond donors (Lipinski definition) is 2. The van der Waals surface area contributed by atoms with Gasteiger partial charge in [-0.2, -0.15) is 17.4 Å². The zero-order chi connectivity index (χ0) is 15.8. The van der Waals surface area contributed by atoms with Crippen molar-refractivity contribution in [1.82, 2.24) is 9.03 Å². The van der Waals surface area contributed by atoms with E-state index in [1.54, 1.807) is 20.9 Å². The van der Waals surface area contributed by atoms with Gasteiger partial charge in [0.15, 0.2) is 0 Å². The van der Waals surface area contributed by atoms with E-state index in [1.165, 1.54) is 4.31 Å². The Labute approximate surface area is 122 Å². The van der Waals surface area contributed by atoms with E-state index in [1.807, 2.05) is 6.92 Å². The summed E-state index contributed by atoms with van der Waals surface area (Å²) >= 11 is 0. The Morgan fingerprint density at radius 1 is 1.25 bits per heavy atom. The predicted molar refractivity (Wildman–Crippen MR) is 79.7 cm³/mol. The monoisotopic (exact) mass is 308 g/mol. The van der Waals surface area contributed by atoms with Crippen LogP contribution in [0.25, 0.3) is 0 Å². The van der Waals surface area contributed by atoms with Crippen LogP contribution in [-0.2, 0) is 15.0 Å². The van der Waals surface area contributed by atoms with Gasteiger partial charge in [-0.25, -0.2) is 0 Å². The van der Waals surface area contributed by atoms with E-state index < -0.39 is 16.2 Å². The van der Waals surface area contributed by atoms with Crippen molar-refractivity contribution in [3.8, 4) is 0 Å². The molecule has 0 radical (unpaired) electrons. The number of unbranched alkanes of at least 4 members (excludes halogenated alkanes) is 1. The molecule has 0 aromatic carbocycles. The van der Waals surface area contributed by atoms with E-state index in [0.717, 1.165) is 12.8 Å². The van der Waals surface area contributed by atoms with Crippen molar-refractivity contribution in [3.63, 3.8) is 0 Å². The van der Waals surface area contributed by atoms with Crippen LogP contribution in [-0.4, -0.2) is 43.4 Å². The summed E-state index contributed by atoms with van der Waals surface area (Å²) in [4.78, 5) is 10.7. The number of nitrogens with one attached hydrogen (secondary N) is 1. The molecule has 120 valence electrons. The first-order valence-corrected chi connectivity index (χ1v) is 8.61. The molecule has 20 heavy (non-hydrogen) atoms. The topological polar surface area (TPSA) is 86.7 Å². The third-order valence-electron chi connectivity index (χ3n) is 3.28. The maximum Gasteiger partial charge on any atom is 0.306 e. The molecular formula is C13H28N2O4S. The fraction of sp³-hybridized carbons (Fsp3) is 0.923. The van der Waals surface area contributed by atoms with Crippen LogP contribution in [0.3, 0.4) is 0 Å². The Balaban J connectivity index is 4.12. The van der Waals surface area contributed by atoms with Gasteiger partial charge in [0.1, 0.15) is 0 Å². The predicted octanol–water partition coefficient (Wildman–Crippen LogP) is 1.83. The molecule has 0 saturated carbocycles. The summed E-state index contributed by atoms with van der Waals surface area (Å²) in [6, 6.07) is -0.190. The van der Waals surface area contributed by atoms with Gasteiger partial charge in [0.2, 0.25) is 0 Å². The van der Waals surface area contributed by atoms with Crippen LogP contribution in [0.4, 0.5) is 0 Å². The summed E-state index contributed by atoms with van der Waals surface area (Å²) in [7, 11) is -1.87. The molecule has 0 fully saturated rings. The second-order valence-corrected chi connectivity index (χ2v) is 7.18. The van der Waals surface area contributed by atoms with Crippen LogP contribution in [0, 0.1) is 5.92 Å². The highest BCUT2D eigenvalue weighted by Gasteiger charge is 2.19. The minimum atomic E-state index is -3.43. The van der Waals surface area contributed by atoms with E-state index in [2.05, 4.69) is 4.72 Å². The molecule has 0 heterocycles. The summed E-state index contributed by atoms with van der Waals surface area (Å²) in [6.45, 7) is 5.99.